The minimum atomic E-state index is -0.575. The number of hydrogen-bond acceptors (Lipinski definition) is 4. The second kappa shape index (κ2) is 8.28. The number of ether oxygens (including phenoxy) is 1. The molecule has 1 aliphatic rings. The SMILES string of the molecule is CCC(C)c1ccccc1OCC(O)CN1C(C)(C)CC(O)CC1(C)C. The molecule has 1 heterocycles. The average molecular weight is 364 g/mol. The second-order valence-electron chi connectivity index (χ2n) is 9.11. The molecule has 1 aliphatic heterocycles. The van der Waals surface area contributed by atoms with Crippen molar-refractivity contribution in [1.82, 2.24) is 4.90 Å². The maximum absolute atomic E-state index is 10.7. The predicted octanol–water partition coefficient (Wildman–Crippen LogP) is 3.95. The molecule has 2 N–H and O–H groups in total. The molecule has 0 aromatic heterocycles. The van der Waals surface area contributed by atoms with E-state index in [-0.39, 0.29) is 23.8 Å². The zero-order chi connectivity index (χ0) is 19.5. The smallest absolute Gasteiger partial charge is 0.122 e. The van der Waals surface area contributed by atoms with E-state index < -0.39 is 6.10 Å². The highest BCUT2D eigenvalue weighted by molar-refractivity contribution is 5.35. The molecule has 0 bridgehead atoms. The van der Waals surface area contributed by atoms with Crippen LogP contribution in [0, 0.1) is 0 Å². The van der Waals surface area contributed by atoms with E-state index in [1.54, 1.807) is 0 Å². The van der Waals surface area contributed by atoms with Crippen molar-refractivity contribution in [2.75, 3.05) is 13.2 Å². The van der Waals surface area contributed by atoms with Crippen LogP contribution in [0.1, 0.15) is 72.3 Å². The summed E-state index contributed by atoms with van der Waals surface area (Å²) in [7, 11) is 0. The van der Waals surface area contributed by atoms with E-state index in [4.69, 9.17) is 4.74 Å². The molecule has 0 spiro atoms. The molecule has 1 fully saturated rings. The summed E-state index contributed by atoms with van der Waals surface area (Å²) in [5.41, 5.74) is 0.886. The van der Waals surface area contributed by atoms with E-state index in [0.717, 1.165) is 25.0 Å². The van der Waals surface area contributed by atoms with Gasteiger partial charge in [0, 0.05) is 17.6 Å². The lowest BCUT2D eigenvalue weighted by atomic mass is 9.78. The Kier molecular flexibility index (Phi) is 6.75. The Morgan fingerprint density at radius 2 is 1.73 bits per heavy atom. The fourth-order valence-electron chi connectivity index (χ4n) is 4.45. The van der Waals surface area contributed by atoms with Gasteiger partial charge >= 0.3 is 0 Å². The van der Waals surface area contributed by atoms with Crippen molar-refractivity contribution in [3.05, 3.63) is 29.8 Å². The summed E-state index contributed by atoms with van der Waals surface area (Å²) < 4.78 is 5.99. The fraction of sp³-hybridized carbons (Fsp3) is 0.727. The van der Waals surface area contributed by atoms with E-state index >= 15 is 0 Å². The van der Waals surface area contributed by atoms with Crippen molar-refractivity contribution < 1.29 is 14.9 Å². The maximum atomic E-state index is 10.7. The van der Waals surface area contributed by atoms with Crippen molar-refractivity contribution in [1.29, 1.82) is 0 Å². The molecule has 0 saturated carbocycles. The van der Waals surface area contributed by atoms with Crippen LogP contribution in [0.4, 0.5) is 0 Å². The molecule has 2 unspecified atom stereocenters. The number of nitrogens with zero attached hydrogens (tertiary/aromatic N) is 1. The Hall–Kier alpha value is -1.10. The number of para-hydroxylation sites is 1. The van der Waals surface area contributed by atoms with Crippen molar-refractivity contribution in [2.24, 2.45) is 0 Å². The van der Waals surface area contributed by atoms with Gasteiger partial charge < -0.3 is 14.9 Å². The Morgan fingerprint density at radius 1 is 1.15 bits per heavy atom. The van der Waals surface area contributed by atoms with Crippen LogP contribution < -0.4 is 4.74 Å². The van der Waals surface area contributed by atoms with E-state index in [0.29, 0.717) is 12.5 Å². The third-order valence-corrected chi connectivity index (χ3v) is 5.82. The van der Waals surface area contributed by atoms with Gasteiger partial charge in [0.05, 0.1) is 6.10 Å². The largest absolute Gasteiger partial charge is 0.491 e. The van der Waals surface area contributed by atoms with Crippen LogP contribution in [0.3, 0.4) is 0 Å². The molecule has 0 amide bonds. The number of hydrogen-bond donors (Lipinski definition) is 2. The van der Waals surface area contributed by atoms with Gasteiger partial charge in [-0.1, -0.05) is 32.0 Å². The Labute approximate surface area is 159 Å². The summed E-state index contributed by atoms with van der Waals surface area (Å²) in [6.45, 7) is 13.8. The molecule has 2 rings (SSSR count). The molecule has 0 aliphatic carbocycles. The Bertz CT molecular complexity index is 567. The third-order valence-electron chi connectivity index (χ3n) is 5.82. The van der Waals surface area contributed by atoms with Crippen LogP contribution in [-0.4, -0.2) is 51.6 Å². The number of aliphatic hydroxyl groups excluding tert-OH is 2. The van der Waals surface area contributed by atoms with Crippen LogP contribution in [0.15, 0.2) is 24.3 Å². The molecular formula is C22H37NO3. The summed E-state index contributed by atoms with van der Waals surface area (Å²) in [5.74, 6) is 1.30. The van der Waals surface area contributed by atoms with Gasteiger partial charge in [0.15, 0.2) is 0 Å². The van der Waals surface area contributed by atoms with Crippen molar-refractivity contribution in [3.8, 4) is 5.75 Å². The highest BCUT2D eigenvalue weighted by atomic mass is 16.5. The van der Waals surface area contributed by atoms with Crippen molar-refractivity contribution in [3.63, 3.8) is 0 Å². The molecular weight excluding hydrogens is 326 g/mol. The molecule has 4 heteroatoms. The number of likely N-dealkylation sites (tertiary alicyclic amines) is 1. The molecule has 148 valence electrons. The fourth-order valence-corrected chi connectivity index (χ4v) is 4.45. The van der Waals surface area contributed by atoms with Crippen molar-refractivity contribution >= 4 is 0 Å². The van der Waals surface area contributed by atoms with Gasteiger partial charge in [-0.05, 0) is 64.5 Å². The van der Waals surface area contributed by atoms with E-state index in [9.17, 15) is 10.2 Å². The number of benzene rings is 1. The summed E-state index contributed by atoms with van der Waals surface area (Å²) >= 11 is 0. The monoisotopic (exact) mass is 363 g/mol. The molecule has 2 atom stereocenters. The zero-order valence-electron chi connectivity index (χ0n) is 17.3. The zero-order valence-corrected chi connectivity index (χ0v) is 17.3. The lowest BCUT2D eigenvalue weighted by Gasteiger charge is -2.55. The molecule has 1 aromatic carbocycles. The molecule has 4 nitrogen and oxygen atoms in total. The highest BCUT2D eigenvalue weighted by Crippen LogP contribution is 2.38. The minimum absolute atomic E-state index is 0.156. The van der Waals surface area contributed by atoms with E-state index in [1.165, 1.54) is 5.56 Å². The van der Waals surface area contributed by atoms with Gasteiger partial charge in [0.2, 0.25) is 0 Å². The van der Waals surface area contributed by atoms with Crippen LogP contribution >= 0.6 is 0 Å². The van der Waals surface area contributed by atoms with Crippen LogP contribution in [0.5, 0.6) is 5.75 Å². The van der Waals surface area contributed by atoms with Crippen LogP contribution in [0.25, 0.3) is 0 Å². The first-order valence-corrected chi connectivity index (χ1v) is 9.92. The number of rotatable bonds is 7. The minimum Gasteiger partial charge on any atom is -0.491 e. The Morgan fingerprint density at radius 3 is 2.31 bits per heavy atom. The van der Waals surface area contributed by atoms with Crippen LogP contribution in [-0.2, 0) is 0 Å². The molecule has 1 saturated heterocycles. The highest BCUT2D eigenvalue weighted by Gasteiger charge is 2.45. The number of piperidine rings is 1. The van der Waals surface area contributed by atoms with Crippen molar-refractivity contribution in [2.45, 2.75) is 90.0 Å². The van der Waals surface area contributed by atoms with Gasteiger partial charge in [-0.15, -0.1) is 0 Å². The predicted molar refractivity (Wildman–Crippen MR) is 107 cm³/mol. The molecule has 0 radical (unpaired) electrons. The third kappa shape index (κ3) is 4.99. The quantitative estimate of drug-likeness (QED) is 0.770. The summed E-state index contributed by atoms with van der Waals surface area (Å²) in [4.78, 5) is 2.32. The van der Waals surface area contributed by atoms with Gasteiger partial charge in [0.25, 0.3) is 0 Å². The van der Waals surface area contributed by atoms with Crippen LogP contribution in [0.2, 0.25) is 0 Å². The maximum Gasteiger partial charge on any atom is 0.122 e. The summed E-state index contributed by atoms with van der Waals surface area (Å²) in [6, 6.07) is 8.11. The van der Waals surface area contributed by atoms with Gasteiger partial charge in [-0.25, -0.2) is 0 Å². The second-order valence-corrected chi connectivity index (χ2v) is 9.11. The summed E-state index contributed by atoms with van der Waals surface area (Å²) in [5, 5.41) is 20.8. The standard InChI is InChI=1S/C22H37NO3/c1-7-16(2)19-10-8-9-11-20(19)26-15-18(25)14-23-21(3,4)12-17(24)13-22(23,5)6/h8-11,16-18,24-25H,7,12-15H2,1-6H3. The first-order chi connectivity index (χ1) is 12.1. The van der Waals surface area contributed by atoms with Gasteiger partial charge in [-0.3, -0.25) is 4.90 Å². The number of aliphatic hydroxyl groups is 2. The van der Waals surface area contributed by atoms with Gasteiger partial charge in [0.1, 0.15) is 18.5 Å². The topological polar surface area (TPSA) is 52.9 Å². The normalized spacial score (nSPS) is 22.8. The first-order valence-electron chi connectivity index (χ1n) is 9.92. The molecule has 1 aromatic rings. The first kappa shape index (κ1) is 21.2. The Balaban J connectivity index is 2.02. The van der Waals surface area contributed by atoms with E-state index in [2.05, 4.69) is 52.5 Å². The lowest BCUT2D eigenvalue weighted by Crippen LogP contribution is -2.63. The van der Waals surface area contributed by atoms with E-state index in [1.807, 2.05) is 18.2 Å². The number of β-amino-alcohol motifs (C(OH)–C–C–N with tert-alkyl or cyclic N) is 1. The lowest BCUT2D eigenvalue weighted by molar-refractivity contribution is -0.1000. The van der Waals surface area contributed by atoms with Gasteiger partial charge in [-0.2, -0.15) is 0 Å². The average Bonchev–Trinajstić information content (AvgIpc) is 2.54. The molecule has 26 heavy (non-hydrogen) atoms. The summed E-state index contributed by atoms with van der Waals surface area (Å²) in [6.07, 6.45) is 1.64.